The minimum Gasteiger partial charge on any atom is -0.755 e. The zero-order chi connectivity index (χ0) is 23.6. The number of hydrogen-bond acceptors (Lipinski definition) is 7. The van der Waals surface area contributed by atoms with Crippen molar-refractivity contribution in [1.29, 1.82) is 0 Å². The number of hydrogen-bond donors (Lipinski definition) is 3. The number of methoxy groups -OCH3 is 1. The summed E-state index contributed by atoms with van der Waals surface area (Å²) in [7, 11) is 1.24. The Morgan fingerprint density at radius 1 is 1.06 bits per heavy atom. The summed E-state index contributed by atoms with van der Waals surface area (Å²) in [5, 5.41) is 8.12. The molecule has 1 heterocycles. The van der Waals surface area contributed by atoms with Crippen molar-refractivity contribution in [3.63, 3.8) is 0 Å². The smallest absolute Gasteiger partial charge is 0.407 e. The second-order valence-corrected chi connectivity index (χ2v) is 8.65. The van der Waals surface area contributed by atoms with Gasteiger partial charge in [0.1, 0.15) is 11.0 Å². The Morgan fingerprint density at radius 3 is 2.36 bits per heavy atom. The minimum absolute atomic E-state index is 0.291. The van der Waals surface area contributed by atoms with Gasteiger partial charge in [-0.1, -0.05) is 42.5 Å². The van der Waals surface area contributed by atoms with Gasteiger partial charge in [-0.2, -0.15) is 0 Å². The van der Waals surface area contributed by atoms with Crippen LogP contribution >= 0.6 is 11.3 Å². The van der Waals surface area contributed by atoms with E-state index < -0.39 is 29.4 Å². The predicted octanol–water partition coefficient (Wildman–Crippen LogP) is 2.72. The topological polar surface area (TPSA) is 132 Å². The molecule has 0 radical (unpaired) electrons. The molecule has 0 spiro atoms. The number of amides is 2. The van der Waals surface area contributed by atoms with Gasteiger partial charge < -0.3 is 24.6 Å². The molecular weight excluding hydrogens is 464 g/mol. The molecule has 2 amide bonds. The molecule has 0 aliphatic carbocycles. The number of thiazole rings is 1. The maximum atomic E-state index is 13.2. The number of carbonyl (C=O) groups excluding carboxylic acids is 2. The van der Waals surface area contributed by atoms with Crippen molar-refractivity contribution in [2.75, 3.05) is 11.8 Å². The minimum atomic E-state index is -2.40. The number of nitrogens with zero attached hydrogens (tertiary/aromatic N) is 1. The van der Waals surface area contributed by atoms with Crippen molar-refractivity contribution < 1.29 is 23.1 Å². The molecule has 0 saturated heterocycles. The van der Waals surface area contributed by atoms with Gasteiger partial charge in [-0.3, -0.25) is 9.00 Å². The zero-order valence-electron chi connectivity index (χ0n) is 17.7. The lowest BCUT2D eigenvalue weighted by Gasteiger charge is -2.22. The van der Waals surface area contributed by atoms with Gasteiger partial charge in [0.25, 0.3) is 0 Å². The number of carbonyl (C=O) groups is 2. The van der Waals surface area contributed by atoms with Crippen LogP contribution in [0, 0.1) is 0 Å². The van der Waals surface area contributed by atoms with Crippen molar-refractivity contribution in [1.82, 2.24) is 15.6 Å². The van der Waals surface area contributed by atoms with Crippen LogP contribution in [-0.4, -0.2) is 38.9 Å². The van der Waals surface area contributed by atoms with Crippen LogP contribution in [0.3, 0.4) is 0 Å². The van der Waals surface area contributed by atoms with E-state index in [9.17, 15) is 18.4 Å². The maximum absolute atomic E-state index is 13.2. The molecule has 2 aromatic carbocycles. The van der Waals surface area contributed by atoms with Crippen LogP contribution in [-0.2, 0) is 33.6 Å². The number of alkyl carbamates (subject to hydrolysis) is 1. The Kier molecular flexibility index (Phi) is 8.93. The molecule has 33 heavy (non-hydrogen) atoms. The number of anilines is 1. The molecule has 0 saturated carbocycles. The molecule has 0 aliphatic rings. The van der Waals surface area contributed by atoms with Gasteiger partial charge in [0.2, 0.25) is 5.91 Å². The molecule has 9 nitrogen and oxygen atoms in total. The largest absolute Gasteiger partial charge is 0.755 e. The first kappa shape index (κ1) is 24.4. The fraction of sp³-hybridized carbons (Fsp3) is 0.227. The number of rotatable bonds is 10. The van der Waals surface area contributed by atoms with Crippen molar-refractivity contribution >= 4 is 40.3 Å². The van der Waals surface area contributed by atoms with Crippen molar-refractivity contribution in [2.24, 2.45) is 0 Å². The number of aromatic nitrogens is 1. The van der Waals surface area contributed by atoms with Crippen LogP contribution in [0.15, 0.2) is 66.2 Å². The maximum Gasteiger partial charge on any atom is 0.407 e. The highest BCUT2D eigenvalue weighted by molar-refractivity contribution is 7.80. The molecule has 0 aliphatic heterocycles. The predicted molar refractivity (Wildman–Crippen MR) is 125 cm³/mol. The molecule has 0 bridgehead atoms. The highest BCUT2D eigenvalue weighted by Crippen LogP contribution is 2.22. The monoisotopic (exact) mass is 487 g/mol. The average molecular weight is 488 g/mol. The van der Waals surface area contributed by atoms with Crippen LogP contribution in [0.1, 0.15) is 22.2 Å². The van der Waals surface area contributed by atoms with Crippen molar-refractivity contribution in [3.05, 3.63) is 82.3 Å². The standard InChI is InChI=1S/C22H24N4O5S2/c1-31-22(28)25-18(13-15-5-3-2-4-6-15)20(27)24-19(21-23-11-12-32-21)14-16-7-9-17(10-8-16)26-33(29)30/h2-12,18-19,26H,13-14H2,1H3,(H,24,27)(H,25,28)(H,29,30)/p-1/t18-,19-/m0/s1. The highest BCUT2D eigenvalue weighted by Gasteiger charge is 2.26. The Hall–Kier alpha value is -3.28. The summed E-state index contributed by atoms with van der Waals surface area (Å²) in [4.78, 5) is 29.4. The van der Waals surface area contributed by atoms with Crippen molar-refractivity contribution in [3.8, 4) is 0 Å². The van der Waals surface area contributed by atoms with Gasteiger partial charge in [0.15, 0.2) is 0 Å². The van der Waals surface area contributed by atoms with E-state index in [2.05, 4.69) is 25.1 Å². The van der Waals surface area contributed by atoms with E-state index >= 15 is 0 Å². The zero-order valence-corrected chi connectivity index (χ0v) is 19.4. The first-order chi connectivity index (χ1) is 15.9. The summed E-state index contributed by atoms with van der Waals surface area (Å²) in [6.07, 6.45) is 1.68. The van der Waals surface area contributed by atoms with Gasteiger partial charge in [0.05, 0.1) is 13.2 Å². The number of ether oxygens (including phenoxy) is 1. The summed E-state index contributed by atoms with van der Waals surface area (Å²) < 4.78 is 28.6. The van der Waals surface area contributed by atoms with E-state index in [0.717, 1.165) is 11.1 Å². The van der Waals surface area contributed by atoms with E-state index in [4.69, 9.17) is 0 Å². The molecule has 11 heteroatoms. The molecular formula is C22H23N4O5S2-. The normalized spacial score (nSPS) is 13.4. The fourth-order valence-corrected chi connectivity index (χ4v) is 4.20. The molecule has 3 aromatic rings. The van der Waals surface area contributed by atoms with E-state index in [1.165, 1.54) is 18.4 Å². The van der Waals surface area contributed by atoms with Crippen LogP contribution < -0.4 is 15.4 Å². The second-order valence-electron chi connectivity index (χ2n) is 7.05. The molecule has 1 aromatic heterocycles. The summed E-state index contributed by atoms with van der Waals surface area (Å²) in [6, 6.07) is 14.9. The lowest BCUT2D eigenvalue weighted by molar-refractivity contribution is -0.123. The second kappa shape index (κ2) is 12.1. The molecule has 3 rings (SSSR count). The highest BCUT2D eigenvalue weighted by atomic mass is 32.2. The number of nitrogens with one attached hydrogen (secondary N) is 3. The molecule has 0 fully saturated rings. The molecule has 174 valence electrons. The lowest BCUT2D eigenvalue weighted by Crippen LogP contribution is -2.49. The van der Waals surface area contributed by atoms with E-state index in [1.807, 2.05) is 35.7 Å². The van der Waals surface area contributed by atoms with Crippen LogP contribution in [0.5, 0.6) is 0 Å². The van der Waals surface area contributed by atoms with Gasteiger partial charge in [0, 0.05) is 35.0 Å². The van der Waals surface area contributed by atoms with Gasteiger partial charge in [-0.15, -0.1) is 11.3 Å². The summed E-state index contributed by atoms with van der Waals surface area (Å²) >= 11 is -0.998. The first-order valence-corrected chi connectivity index (χ1v) is 11.9. The third-order valence-electron chi connectivity index (χ3n) is 4.74. The molecule has 1 unspecified atom stereocenters. The van der Waals surface area contributed by atoms with Gasteiger partial charge in [-0.25, -0.2) is 9.78 Å². The van der Waals surface area contributed by atoms with Crippen molar-refractivity contribution in [2.45, 2.75) is 24.9 Å². The Morgan fingerprint density at radius 2 is 1.76 bits per heavy atom. The van der Waals surface area contributed by atoms with E-state index in [-0.39, 0.29) is 5.91 Å². The van der Waals surface area contributed by atoms with Gasteiger partial charge >= 0.3 is 6.09 Å². The Labute approximate surface area is 198 Å². The third kappa shape index (κ3) is 7.67. The first-order valence-electron chi connectivity index (χ1n) is 9.97. The Balaban J connectivity index is 1.76. The third-order valence-corrected chi connectivity index (χ3v) is 6.03. The van der Waals surface area contributed by atoms with E-state index in [0.29, 0.717) is 23.5 Å². The summed E-state index contributed by atoms with van der Waals surface area (Å²) in [5.74, 6) is -0.371. The summed E-state index contributed by atoms with van der Waals surface area (Å²) in [6.45, 7) is 0. The summed E-state index contributed by atoms with van der Waals surface area (Å²) in [5.41, 5.74) is 2.20. The fourth-order valence-electron chi connectivity index (χ4n) is 3.18. The van der Waals surface area contributed by atoms with Gasteiger partial charge in [-0.05, 0) is 29.7 Å². The van der Waals surface area contributed by atoms with Crippen LogP contribution in [0.25, 0.3) is 0 Å². The van der Waals surface area contributed by atoms with E-state index in [1.54, 1.807) is 30.5 Å². The SMILES string of the molecule is COC(=O)N[C@@H](Cc1ccccc1)C(=O)N[C@@H](Cc1ccc(NS(=O)[O-])cc1)c1nccs1. The van der Waals surface area contributed by atoms with Crippen LogP contribution in [0.4, 0.5) is 10.5 Å². The average Bonchev–Trinajstić information content (AvgIpc) is 3.34. The molecule has 3 atom stereocenters. The quantitative estimate of drug-likeness (QED) is 0.377. The lowest BCUT2D eigenvalue weighted by atomic mass is 10.0. The van der Waals surface area contributed by atoms with Crippen LogP contribution in [0.2, 0.25) is 0 Å². The number of benzene rings is 2. The Bertz CT molecular complexity index is 1060. The molecule has 3 N–H and O–H groups in total.